The first kappa shape index (κ1) is 12.9. The minimum absolute atomic E-state index is 0.406. The maximum absolute atomic E-state index is 3.60. The second kappa shape index (κ2) is 6.43. The summed E-state index contributed by atoms with van der Waals surface area (Å²) in [6, 6.07) is 9.27. The number of nitrogens with one attached hydrogen (secondary N) is 1. The minimum atomic E-state index is 0.406. The SMILES string of the molecule is CSc1ccc(C(C)NN2CCCCC2)cc1. The highest BCUT2D eigenvalue weighted by Gasteiger charge is 2.13. The number of hydrogen-bond donors (Lipinski definition) is 1. The molecule has 0 amide bonds. The predicted molar refractivity (Wildman–Crippen MR) is 75.2 cm³/mol. The summed E-state index contributed by atoms with van der Waals surface area (Å²) in [5, 5.41) is 2.37. The van der Waals surface area contributed by atoms with E-state index in [1.54, 1.807) is 11.8 Å². The van der Waals surface area contributed by atoms with Gasteiger partial charge in [-0.15, -0.1) is 11.8 Å². The van der Waals surface area contributed by atoms with Gasteiger partial charge in [-0.25, -0.2) is 10.4 Å². The Balaban J connectivity index is 1.91. The molecular formula is C14H22N2S. The first-order valence-corrected chi connectivity index (χ1v) is 7.67. The summed E-state index contributed by atoms with van der Waals surface area (Å²) in [4.78, 5) is 1.33. The van der Waals surface area contributed by atoms with Crippen molar-refractivity contribution in [1.29, 1.82) is 0 Å². The molecule has 0 bridgehead atoms. The minimum Gasteiger partial charge on any atom is -0.248 e. The van der Waals surface area contributed by atoms with E-state index in [-0.39, 0.29) is 0 Å². The van der Waals surface area contributed by atoms with Crippen LogP contribution >= 0.6 is 11.8 Å². The Labute approximate surface area is 109 Å². The lowest BCUT2D eigenvalue weighted by Gasteiger charge is -2.30. The number of hydrazine groups is 1. The predicted octanol–water partition coefficient (Wildman–Crippen LogP) is 3.46. The Bertz CT molecular complexity index is 331. The molecule has 0 aromatic heterocycles. The normalized spacial score (nSPS) is 19.2. The van der Waals surface area contributed by atoms with Crippen LogP contribution in [0.25, 0.3) is 0 Å². The number of nitrogens with zero attached hydrogens (tertiary/aromatic N) is 1. The Morgan fingerprint density at radius 1 is 1.12 bits per heavy atom. The third kappa shape index (κ3) is 3.73. The summed E-state index contributed by atoms with van der Waals surface area (Å²) in [5.74, 6) is 0. The zero-order valence-electron chi connectivity index (χ0n) is 10.8. The number of hydrogen-bond acceptors (Lipinski definition) is 3. The summed E-state index contributed by atoms with van der Waals surface area (Å²) in [7, 11) is 0. The molecule has 1 aromatic carbocycles. The van der Waals surface area contributed by atoms with Gasteiger partial charge in [-0.1, -0.05) is 18.6 Å². The monoisotopic (exact) mass is 250 g/mol. The molecule has 1 fully saturated rings. The zero-order valence-corrected chi connectivity index (χ0v) is 11.6. The molecule has 2 nitrogen and oxygen atoms in total. The maximum Gasteiger partial charge on any atom is 0.0436 e. The number of benzene rings is 1. The molecule has 94 valence electrons. The highest BCUT2D eigenvalue weighted by atomic mass is 32.2. The van der Waals surface area contributed by atoms with Crippen molar-refractivity contribution >= 4 is 11.8 Å². The smallest absolute Gasteiger partial charge is 0.0436 e. The molecule has 0 saturated carbocycles. The van der Waals surface area contributed by atoms with Crippen LogP contribution in [0.5, 0.6) is 0 Å². The van der Waals surface area contributed by atoms with Crippen molar-refractivity contribution in [3.63, 3.8) is 0 Å². The van der Waals surface area contributed by atoms with Gasteiger partial charge in [0.15, 0.2) is 0 Å². The van der Waals surface area contributed by atoms with E-state index in [1.165, 1.54) is 42.8 Å². The molecule has 1 aliphatic heterocycles. The molecule has 1 aromatic rings. The van der Waals surface area contributed by atoms with Crippen LogP contribution in [0.3, 0.4) is 0 Å². The lowest BCUT2D eigenvalue weighted by Crippen LogP contribution is -2.42. The average Bonchev–Trinajstić information content (AvgIpc) is 2.40. The molecule has 0 aliphatic carbocycles. The van der Waals surface area contributed by atoms with E-state index in [2.05, 4.69) is 47.9 Å². The number of rotatable bonds is 4. The molecule has 1 aliphatic rings. The van der Waals surface area contributed by atoms with Crippen LogP contribution in [-0.2, 0) is 0 Å². The van der Waals surface area contributed by atoms with E-state index in [1.807, 2.05) is 0 Å². The van der Waals surface area contributed by atoms with E-state index >= 15 is 0 Å². The second-order valence-corrected chi connectivity index (χ2v) is 5.55. The highest BCUT2D eigenvalue weighted by Crippen LogP contribution is 2.19. The molecule has 1 unspecified atom stereocenters. The van der Waals surface area contributed by atoms with E-state index in [4.69, 9.17) is 0 Å². The third-order valence-corrected chi connectivity index (χ3v) is 4.09. The molecule has 17 heavy (non-hydrogen) atoms. The highest BCUT2D eigenvalue weighted by molar-refractivity contribution is 7.98. The van der Waals surface area contributed by atoms with Gasteiger partial charge in [0.1, 0.15) is 0 Å². The van der Waals surface area contributed by atoms with Crippen LogP contribution in [0, 0.1) is 0 Å². The summed E-state index contributed by atoms with van der Waals surface area (Å²) >= 11 is 1.79. The van der Waals surface area contributed by atoms with Crippen LogP contribution in [0.1, 0.15) is 37.8 Å². The Morgan fingerprint density at radius 3 is 2.35 bits per heavy atom. The topological polar surface area (TPSA) is 15.3 Å². The molecule has 2 rings (SSSR count). The van der Waals surface area contributed by atoms with Crippen molar-refractivity contribution in [2.24, 2.45) is 0 Å². The molecule has 1 atom stereocenters. The number of thioether (sulfide) groups is 1. The molecule has 1 heterocycles. The van der Waals surface area contributed by atoms with Gasteiger partial charge in [-0.3, -0.25) is 0 Å². The van der Waals surface area contributed by atoms with E-state index < -0.39 is 0 Å². The standard InChI is InChI=1S/C14H22N2S/c1-12(15-16-10-4-3-5-11-16)13-6-8-14(17-2)9-7-13/h6-9,12,15H,3-5,10-11H2,1-2H3. The average molecular weight is 250 g/mol. The summed E-state index contributed by atoms with van der Waals surface area (Å²) in [6.45, 7) is 4.61. The first-order valence-electron chi connectivity index (χ1n) is 6.44. The Kier molecular flexibility index (Phi) is 4.89. The lowest BCUT2D eigenvalue weighted by atomic mass is 10.1. The van der Waals surface area contributed by atoms with Gasteiger partial charge >= 0.3 is 0 Å². The van der Waals surface area contributed by atoms with Crippen molar-refractivity contribution in [3.05, 3.63) is 29.8 Å². The summed E-state index contributed by atoms with van der Waals surface area (Å²) in [5.41, 5.74) is 4.97. The first-order chi connectivity index (χ1) is 8.29. The van der Waals surface area contributed by atoms with Crippen LogP contribution in [0.15, 0.2) is 29.2 Å². The van der Waals surface area contributed by atoms with E-state index in [9.17, 15) is 0 Å². The largest absolute Gasteiger partial charge is 0.248 e. The number of piperidine rings is 1. The van der Waals surface area contributed by atoms with Crippen LogP contribution in [0.4, 0.5) is 0 Å². The zero-order chi connectivity index (χ0) is 12.1. The van der Waals surface area contributed by atoms with Crippen molar-refractivity contribution < 1.29 is 0 Å². The van der Waals surface area contributed by atoms with Gasteiger partial charge in [0.05, 0.1) is 0 Å². The van der Waals surface area contributed by atoms with Gasteiger partial charge in [0, 0.05) is 24.0 Å². The van der Waals surface area contributed by atoms with Crippen molar-refractivity contribution in [2.75, 3.05) is 19.3 Å². The van der Waals surface area contributed by atoms with E-state index in [0.29, 0.717) is 6.04 Å². The maximum atomic E-state index is 3.60. The molecular weight excluding hydrogens is 228 g/mol. The van der Waals surface area contributed by atoms with E-state index in [0.717, 1.165) is 0 Å². The van der Waals surface area contributed by atoms with Gasteiger partial charge in [0.25, 0.3) is 0 Å². The van der Waals surface area contributed by atoms with Crippen LogP contribution in [0.2, 0.25) is 0 Å². The quantitative estimate of drug-likeness (QED) is 0.824. The van der Waals surface area contributed by atoms with Gasteiger partial charge < -0.3 is 0 Å². The van der Waals surface area contributed by atoms with Crippen molar-refractivity contribution in [3.8, 4) is 0 Å². The molecule has 0 radical (unpaired) electrons. The van der Waals surface area contributed by atoms with Crippen molar-refractivity contribution in [2.45, 2.75) is 37.1 Å². The third-order valence-electron chi connectivity index (χ3n) is 3.35. The summed E-state index contributed by atoms with van der Waals surface area (Å²) in [6.07, 6.45) is 6.15. The molecule has 1 saturated heterocycles. The van der Waals surface area contributed by atoms with Crippen LogP contribution < -0.4 is 5.43 Å². The summed E-state index contributed by atoms with van der Waals surface area (Å²) < 4.78 is 0. The Morgan fingerprint density at radius 2 is 1.76 bits per heavy atom. The Hall–Kier alpha value is -0.510. The molecule has 0 spiro atoms. The van der Waals surface area contributed by atoms with Gasteiger partial charge in [0.2, 0.25) is 0 Å². The fourth-order valence-electron chi connectivity index (χ4n) is 2.26. The second-order valence-electron chi connectivity index (χ2n) is 4.67. The van der Waals surface area contributed by atoms with Gasteiger partial charge in [-0.2, -0.15) is 0 Å². The fourth-order valence-corrected chi connectivity index (χ4v) is 2.67. The molecule has 3 heteroatoms. The molecule has 1 N–H and O–H groups in total. The van der Waals surface area contributed by atoms with Crippen molar-refractivity contribution in [1.82, 2.24) is 10.4 Å². The van der Waals surface area contributed by atoms with Crippen LogP contribution in [-0.4, -0.2) is 24.4 Å². The lowest BCUT2D eigenvalue weighted by molar-refractivity contribution is 0.133. The fraction of sp³-hybridized carbons (Fsp3) is 0.571. The van der Waals surface area contributed by atoms with Gasteiger partial charge in [-0.05, 0) is 43.7 Å².